The van der Waals surface area contributed by atoms with Gasteiger partial charge in [0, 0.05) is 32.8 Å². The van der Waals surface area contributed by atoms with Gasteiger partial charge in [-0.05, 0) is 58.5 Å². The van der Waals surface area contributed by atoms with Crippen LogP contribution >= 0.6 is 24.0 Å². The van der Waals surface area contributed by atoms with Crippen LogP contribution in [0.2, 0.25) is 0 Å². The minimum absolute atomic E-state index is 0. The third-order valence-electron chi connectivity index (χ3n) is 5.48. The molecule has 2 aliphatic heterocycles. The molecule has 154 valence electrons. The fraction of sp³-hybridized carbons (Fsp3) is 0.789. The predicted octanol–water partition coefficient (Wildman–Crippen LogP) is 2.47. The Morgan fingerprint density at radius 2 is 1.89 bits per heavy atom. The summed E-state index contributed by atoms with van der Waals surface area (Å²) in [6, 6.07) is 0.476. The molecule has 0 radical (unpaired) electrons. The van der Waals surface area contributed by atoms with E-state index in [0.29, 0.717) is 12.0 Å². The highest BCUT2D eigenvalue weighted by atomic mass is 127. The number of nitrogens with zero attached hydrogens (tertiary/aromatic N) is 3. The van der Waals surface area contributed by atoms with E-state index in [1.807, 2.05) is 20.9 Å². The van der Waals surface area contributed by atoms with E-state index in [2.05, 4.69) is 25.5 Å². The van der Waals surface area contributed by atoms with Gasteiger partial charge < -0.3 is 19.8 Å². The minimum Gasteiger partial charge on any atom is -0.444 e. The number of halogens is 1. The zero-order valence-corrected chi connectivity index (χ0v) is 19.1. The van der Waals surface area contributed by atoms with Crippen LogP contribution in [0.5, 0.6) is 0 Å². The SMILES string of the molecule is CN=C(NCC1CCN(Cc2nc(C)c(C)o2)CC1)NC1CCOCC1.I. The summed E-state index contributed by atoms with van der Waals surface area (Å²) in [5.74, 6) is 3.39. The molecule has 0 unspecified atom stereocenters. The van der Waals surface area contributed by atoms with Crippen molar-refractivity contribution in [2.75, 3.05) is 39.9 Å². The van der Waals surface area contributed by atoms with Crippen LogP contribution in [0.25, 0.3) is 0 Å². The van der Waals surface area contributed by atoms with Gasteiger partial charge in [-0.25, -0.2) is 4.98 Å². The Kier molecular flexibility index (Phi) is 9.31. The molecule has 1 aromatic rings. The highest BCUT2D eigenvalue weighted by Crippen LogP contribution is 2.19. The fourth-order valence-corrected chi connectivity index (χ4v) is 3.62. The van der Waals surface area contributed by atoms with Gasteiger partial charge in [-0.2, -0.15) is 0 Å². The van der Waals surface area contributed by atoms with E-state index in [1.165, 1.54) is 12.8 Å². The third-order valence-corrected chi connectivity index (χ3v) is 5.48. The smallest absolute Gasteiger partial charge is 0.208 e. The quantitative estimate of drug-likeness (QED) is 0.375. The van der Waals surface area contributed by atoms with Gasteiger partial charge in [0.05, 0.1) is 12.2 Å². The van der Waals surface area contributed by atoms with Crippen molar-refractivity contribution in [3.8, 4) is 0 Å². The van der Waals surface area contributed by atoms with Gasteiger partial charge in [0.15, 0.2) is 5.96 Å². The fourth-order valence-electron chi connectivity index (χ4n) is 3.62. The second-order valence-corrected chi connectivity index (χ2v) is 7.45. The lowest BCUT2D eigenvalue weighted by Gasteiger charge is -2.32. The van der Waals surface area contributed by atoms with Gasteiger partial charge in [0.2, 0.25) is 5.89 Å². The van der Waals surface area contributed by atoms with Crippen LogP contribution in [-0.2, 0) is 11.3 Å². The summed E-state index contributed by atoms with van der Waals surface area (Å²) in [5, 5.41) is 7.03. The van der Waals surface area contributed by atoms with Gasteiger partial charge in [-0.1, -0.05) is 0 Å². The maximum Gasteiger partial charge on any atom is 0.208 e. The molecule has 3 heterocycles. The first-order valence-corrected chi connectivity index (χ1v) is 9.84. The van der Waals surface area contributed by atoms with Crippen LogP contribution in [-0.4, -0.2) is 61.8 Å². The van der Waals surface area contributed by atoms with Crippen LogP contribution < -0.4 is 10.6 Å². The van der Waals surface area contributed by atoms with Crippen molar-refractivity contribution in [2.45, 2.75) is 52.1 Å². The Labute approximate surface area is 179 Å². The Bertz CT molecular complexity index is 573. The monoisotopic (exact) mass is 491 g/mol. The maximum atomic E-state index is 5.71. The van der Waals surface area contributed by atoms with Gasteiger partial charge in [0.1, 0.15) is 5.76 Å². The first kappa shape index (κ1) is 22.4. The maximum absolute atomic E-state index is 5.71. The Morgan fingerprint density at radius 3 is 2.48 bits per heavy atom. The number of piperidine rings is 1. The van der Waals surface area contributed by atoms with Crippen molar-refractivity contribution in [3.63, 3.8) is 0 Å². The van der Waals surface area contributed by atoms with E-state index < -0.39 is 0 Å². The van der Waals surface area contributed by atoms with Crippen LogP contribution in [0.15, 0.2) is 9.41 Å². The van der Waals surface area contributed by atoms with Gasteiger partial charge in [-0.15, -0.1) is 24.0 Å². The number of aromatic nitrogens is 1. The lowest BCUT2D eigenvalue weighted by atomic mass is 9.97. The molecule has 0 aliphatic carbocycles. The minimum atomic E-state index is 0. The molecule has 0 atom stereocenters. The summed E-state index contributed by atoms with van der Waals surface area (Å²) < 4.78 is 11.1. The number of aryl methyl sites for hydroxylation is 2. The second-order valence-electron chi connectivity index (χ2n) is 7.45. The molecule has 27 heavy (non-hydrogen) atoms. The van der Waals surface area contributed by atoms with Crippen LogP contribution in [0.1, 0.15) is 43.0 Å². The number of guanidine groups is 1. The van der Waals surface area contributed by atoms with Crippen molar-refractivity contribution in [1.29, 1.82) is 0 Å². The number of ether oxygens (including phenoxy) is 1. The molecule has 0 spiro atoms. The van der Waals surface area contributed by atoms with Crippen molar-refractivity contribution in [1.82, 2.24) is 20.5 Å². The summed E-state index contributed by atoms with van der Waals surface area (Å²) in [6.07, 6.45) is 4.50. The Hall–Kier alpha value is -0.870. The molecule has 2 saturated heterocycles. The Balaban J connectivity index is 0.00000261. The number of hydrogen-bond donors (Lipinski definition) is 2. The van der Waals surface area contributed by atoms with E-state index in [9.17, 15) is 0 Å². The van der Waals surface area contributed by atoms with Gasteiger partial charge >= 0.3 is 0 Å². The highest BCUT2D eigenvalue weighted by molar-refractivity contribution is 14.0. The molecular formula is C19H34IN5O2. The molecule has 0 aromatic carbocycles. The topological polar surface area (TPSA) is 74.9 Å². The highest BCUT2D eigenvalue weighted by Gasteiger charge is 2.21. The van der Waals surface area contributed by atoms with E-state index in [-0.39, 0.29) is 24.0 Å². The van der Waals surface area contributed by atoms with Gasteiger partial charge in [-0.3, -0.25) is 9.89 Å². The first-order valence-electron chi connectivity index (χ1n) is 9.84. The third kappa shape index (κ3) is 6.90. The van der Waals surface area contributed by atoms with Crippen molar-refractivity contribution in [2.24, 2.45) is 10.9 Å². The van der Waals surface area contributed by atoms with Crippen molar-refractivity contribution < 1.29 is 9.15 Å². The predicted molar refractivity (Wildman–Crippen MR) is 118 cm³/mol. The molecule has 7 nitrogen and oxygen atoms in total. The van der Waals surface area contributed by atoms with Crippen LogP contribution in [0, 0.1) is 19.8 Å². The number of likely N-dealkylation sites (tertiary alicyclic amines) is 1. The van der Waals surface area contributed by atoms with Crippen molar-refractivity contribution in [3.05, 3.63) is 17.3 Å². The number of aliphatic imine (C=N–C) groups is 1. The van der Waals surface area contributed by atoms with E-state index >= 15 is 0 Å². The molecule has 2 N–H and O–H groups in total. The zero-order valence-electron chi connectivity index (χ0n) is 16.8. The first-order chi connectivity index (χ1) is 12.6. The van der Waals surface area contributed by atoms with Crippen LogP contribution in [0.4, 0.5) is 0 Å². The van der Waals surface area contributed by atoms with E-state index in [0.717, 1.165) is 75.5 Å². The molecule has 2 fully saturated rings. The summed E-state index contributed by atoms with van der Waals surface area (Å²) in [6.45, 7) is 9.66. The van der Waals surface area contributed by atoms with Crippen LogP contribution in [0.3, 0.4) is 0 Å². The number of oxazole rings is 1. The number of nitrogens with one attached hydrogen (secondary N) is 2. The molecule has 2 aliphatic rings. The standard InChI is InChI=1S/C19H33N5O2.HI/c1-14-15(2)26-18(22-14)13-24-8-4-16(5-9-24)12-21-19(20-3)23-17-6-10-25-11-7-17;/h16-17H,4-13H2,1-3H3,(H2,20,21,23);1H. The second kappa shape index (κ2) is 11.2. The molecule has 0 amide bonds. The van der Waals surface area contributed by atoms with E-state index in [4.69, 9.17) is 9.15 Å². The summed E-state index contributed by atoms with van der Waals surface area (Å²) in [4.78, 5) is 11.3. The average molecular weight is 491 g/mol. The van der Waals surface area contributed by atoms with E-state index in [1.54, 1.807) is 0 Å². The lowest BCUT2D eigenvalue weighted by Crippen LogP contribution is -2.47. The van der Waals surface area contributed by atoms with Crippen molar-refractivity contribution >= 4 is 29.9 Å². The molecule has 0 saturated carbocycles. The summed E-state index contributed by atoms with van der Waals surface area (Å²) >= 11 is 0. The molecular weight excluding hydrogens is 457 g/mol. The summed E-state index contributed by atoms with van der Waals surface area (Å²) in [7, 11) is 1.84. The molecule has 1 aromatic heterocycles. The number of rotatable bonds is 5. The largest absolute Gasteiger partial charge is 0.444 e. The lowest BCUT2D eigenvalue weighted by molar-refractivity contribution is 0.0822. The normalized spacial score (nSPS) is 20.3. The molecule has 3 rings (SSSR count). The van der Waals surface area contributed by atoms with Gasteiger partial charge in [0.25, 0.3) is 0 Å². The zero-order chi connectivity index (χ0) is 18.4. The average Bonchev–Trinajstić information content (AvgIpc) is 2.98. The number of hydrogen-bond acceptors (Lipinski definition) is 5. The molecule has 8 heteroatoms. The molecule has 0 bridgehead atoms. The Morgan fingerprint density at radius 1 is 1.19 bits per heavy atom. The summed E-state index contributed by atoms with van der Waals surface area (Å²) in [5.41, 5.74) is 1.00.